The van der Waals surface area contributed by atoms with Crippen LogP contribution in [0.25, 0.3) is 10.9 Å². The number of aromatic nitrogens is 3. The van der Waals surface area contributed by atoms with E-state index in [1.807, 2.05) is 6.07 Å². The molecule has 0 radical (unpaired) electrons. The summed E-state index contributed by atoms with van der Waals surface area (Å²) in [5, 5.41) is 18.2. The molecule has 0 spiro atoms. The highest BCUT2D eigenvalue weighted by Crippen LogP contribution is 2.25. The van der Waals surface area contributed by atoms with Crippen LogP contribution in [-0.4, -0.2) is 70.0 Å². The summed E-state index contributed by atoms with van der Waals surface area (Å²) in [6.07, 6.45) is 3.82. The Morgan fingerprint density at radius 1 is 1.10 bits per heavy atom. The van der Waals surface area contributed by atoms with E-state index in [9.17, 15) is 5.11 Å². The molecular formula is C22H26N6O2. The number of nitrogens with zero attached hydrogens (tertiary/aromatic N) is 4. The van der Waals surface area contributed by atoms with E-state index < -0.39 is 6.10 Å². The Morgan fingerprint density at radius 3 is 2.80 bits per heavy atom. The molecule has 8 nitrogen and oxygen atoms in total. The molecule has 3 N–H and O–H groups in total. The van der Waals surface area contributed by atoms with Crippen LogP contribution in [-0.2, 0) is 17.7 Å². The highest BCUT2D eigenvalue weighted by Gasteiger charge is 2.21. The van der Waals surface area contributed by atoms with Crippen LogP contribution in [0.15, 0.2) is 42.9 Å². The standard InChI is InChI=1S/C22H26N6O2/c29-18(11-28-8-6-15-3-1-2-4-16(15)10-28)9-24-21-19-5-7-23-22(20(19)25-14-26-21)27-17-12-30-13-17/h1-5,7,14,17-18,29H,6,8-13H2,(H,23,27)(H,24,25,26)/t18-/m0/s1. The molecule has 3 aromatic rings. The first-order valence-electron chi connectivity index (χ1n) is 10.4. The van der Waals surface area contributed by atoms with Crippen molar-refractivity contribution in [1.82, 2.24) is 19.9 Å². The number of benzene rings is 1. The van der Waals surface area contributed by atoms with Gasteiger partial charge >= 0.3 is 0 Å². The highest BCUT2D eigenvalue weighted by molar-refractivity contribution is 5.95. The number of nitrogens with one attached hydrogen (secondary N) is 2. The Balaban J connectivity index is 1.22. The van der Waals surface area contributed by atoms with Crippen molar-refractivity contribution in [3.05, 3.63) is 54.0 Å². The van der Waals surface area contributed by atoms with Gasteiger partial charge in [-0.2, -0.15) is 0 Å². The summed E-state index contributed by atoms with van der Waals surface area (Å²) in [6.45, 7) is 4.26. The second-order valence-electron chi connectivity index (χ2n) is 7.95. The van der Waals surface area contributed by atoms with E-state index in [2.05, 4.69) is 54.8 Å². The predicted octanol–water partition coefficient (Wildman–Crippen LogP) is 1.67. The molecule has 1 fully saturated rings. The summed E-state index contributed by atoms with van der Waals surface area (Å²) in [7, 11) is 0. The lowest BCUT2D eigenvalue weighted by Gasteiger charge is -2.30. The van der Waals surface area contributed by atoms with Gasteiger partial charge in [-0.1, -0.05) is 24.3 Å². The summed E-state index contributed by atoms with van der Waals surface area (Å²) < 4.78 is 5.22. The van der Waals surface area contributed by atoms with Crippen LogP contribution in [0.5, 0.6) is 0 Å². The molecule has 1 atom stereocenters. The van der Waals surface area contributed by atoms with E-state index in [0.29, 0.717) is 32.1 Å². The van der Waals surface area contributed by atoms with Crippen molar-refractivity contribution in [2.45, 2.75) is 25.1 Å². The van der Waals surface area contributed by atoms with Crippen LogP contribution in [0.2, 0.25) is 0 Å². The maximum absolute atomic E-state index is 10.6. The Morgan fingerprint density at radius 2 is 1.97 bits per heavy atom. The molecule has 2 aliphatic heterocycles. The average molecular weight is 406 g/mol. The minimum Gasteiger partial charge on any atom is -0.390 e. The zero-order chi connectivity index (χ0) is 20.3. The Labute approximate surface area is 175 Å². The van der Waals surface area contributed by atoms with Crippen molar-refractivity contribution < 1.29 is 9.84 Å². The van der Waals surface area contributed by atoms with E-state index in [-0.39, 0.29) is 6.04 Å². The minimum atomic E-state index is -0.494. The molecule has 1 saturated heterocycles. The van der Waals surface area contributed by atoms with Gasteiger partial charge in [-0.05, 0) is 23.6 Å². The topological polar surface area (TPSA) is 95.4 Å². The zero-order valence-electron chi connectivity index (χ0n) is 16.8. The first kappa shape index (κ1) is 19.2. The number of hydrogen-bond donors (Lipinski definition) is 3. The lowest BCUT2D eigenvalue weighted by molar-refractivity contribution is 0.0210. The van der Waals surface area contributed by atoms with Gasteiger partial charge in [0.25, 0.3) is 0 Å². The number of aliphatic hydroxyl groups excluding tert-OH is 1. The first-order valence-corrected chi connectivity index (χ1v) is 10.4. The normalized spacial score (nSPS) is 17.9. The fourth-order valence-corrected chi connectivity index (χ4v) is 4.04. The van der Waals surface area contributed by atoms with Crippen molar-refractivity contribution >= 4 is 22.5 Å². The van der Waals surface area contributed by atoms with Gasteiger partial charge in [-0.3, -0.25) is 4.90 Å². The molecule has 4 heterocycles. The third-order valence-electron chi connectivity index (χ3n) is 5.72. The Bertz CT molecular complexity index is 1030. The number of rotatable bonds is 7. The van der Waals surface area contributed by atoms with E-state index in [1.165, 1.54) is 17.5 Å². The Kier molecular flexibility index (Phi) is 5.44. The maximum Gasteiger partial charge on any atom is 0.153 e. The molecule has 156 valence electrons. The first-order chi connectivity index (χ1) is 14.8. The molecule has 0 saturated carbocycles. The van der Waals surface area contributed by atoms with Crippen LogP contribution in [0.4, 0.5) is 11.6 Å². The maximum atomic E-state index is 10.6. The smallest absolute Gasteiger partial charge is 0.153 e. The summed E-state index contributed by atoms with van der Waals surface area (Å²) in [5.74, 6) is 1.44. The van der Waals surface area contributed by atoms with Gasteiger partial charge in [0.2, 0.25) is 0 Å². The second kappa shape index (κ2) is 8.51. The SMILES string of the molecule is O[C@@H](CNc1ncnc2c(NC3COC3)nccc12)CN1CCc2ccccc2C1. The van der Waals surface area contributed by atoms with E-state index >= 15 is 0 Å². The molecule has 5 rings (SSSR count). The molecular weight excluding hydrogens is 380 g/mol. The molecule has 1 aromatic carbocycles. The van der Waals surface area contributed by atoms with Crippen LogP contribution < -0.4 is 10.6 Å². The predicted molar refractivity (Wildman–Crippen MR) is 115 cm³/mol. The van der Waals surface area contributed by atoms with Gasteiger partial charge in [0.15, 0.2) is 5.82 Å². The average Bonchev–Trinajstić information content (AvgIpc) is 2.74. The van der Waals surface area contributed by atoms with Gasteiger partial charge < -0.3 is 20.5 Å². The van der Waals surface area contributed by atoms with Crippen molar-refractivity contribution in [1.29, 1.82) is 0 Å². The Hall–Kier alpha value is -2.81. The van der Waals surface area contributed by atoms with Crippen LogP contribution in [0, 0.1) is 0 Å². The molecule has 2 aromatic heterocycles. The highest BCUT2D eigenvalue weighted by atomic mass is 16.5. The van der Waals surface area contributed by atoms with Crippen LogP contribution in [0.3, 0.4) is 0 Å². The molecule has 8 heteroatoms. The molecule has 30 heavy (non-hydrogen) atoms. The van der Waals surface area contributed by atoms with Crippen molar-refractivity contribution in [2.24, 2.45) is 0 Å². The molecule has 2 aliphatic rings. The fraction of sp³-hybridized carbons (Fsp3) is 0.409. The lowest BCUT2D eigenvalue weighted by atomic mass is 10.00. The molecule has 0 amide bonds. The summed E-state index contributed by atoms with van der Waals surface area (Å²) >= 11 is 0. The van der Waals surface area contributed by atoms with Crippen molar-refractivity contribution in [3.8, 4) is 0 Å². The van der Waals surface area contributed by atoms with Gasteiger partial charge in [-0.25, -0.2) is 15.0 Å². The van der Waals surface area contributed by atoms with Gasteiger partial charge in [0, 0.05) is 37.8 Å². The van der Waals surface area contributed by atoms with Crippen LogP contribution >= 0.6 is 0 Å². The minimum absolute atomic E-state index is 0.269. The van der Waals surface area contributed by atoms with Crippen molar-refractivity contribution in [2.75, 3.05) is 43.5 Å². The number of hydrogen-bond acceptors (Lipinski definition) is 8. The van der Waals surface area contributed by atoms with E-state index in [0.717, 1.165) is 36.2 Å². The molecule has 0 aliphatic carbocycles. The van der Waals surface area contributed by atoms with Gasteiger partial charge in [0.1, 0.15) is 17.7 Å². The molecule has 0 unspecified atom stereocenters. The number of ether oxygens (including phenoxy) is 1. The number of fused-ring (bicyclic) bond motifs is 2. The second-order valence-corrected chi connectivity index (χ2v) is 7.95. The van der Waals surface area contributed by atoms with E-state index in [4.69, 9.17) is 4.74 Å². The zero-order valence-corrected chi connectivity index (χ0v) is 16.8. The monoisotopic (exact) mass is 406 g/mol. The number of anilines is 2. The summed E-state index contributed by atoms with van der Waals surface area (Å²) in [4.78, 5) is 15.5. The third kappa shape index (κ3) is 4.07. The van der Waals surface area contributed by atoms with Gasteiger partial charge in [0.05, 0.1) is 25.4 Å². The fourth-order valence-electron chi connectivity index (χ4n) is 4.04. The summed E-state index contributed by atoms with van der Waals surface area (Å²) in [5.41, 5.74) is 3.54. The number of β-amino-alcohol motifs (C(OH)–C–C–N with tert-alkyl or cyclic N) is 1. The van der Waals surface area contributed by atoms with E-state index in [1.54, 1.807) is 6.20 Å². The summed E-state index contributed by atoms with van der Waals surface area (Å²) in [6, 6.07) is 10.7. The van der Waals surface area contributed by atoms with Crippen LogP contribution in [0.1, 0.15) is 11.1 Å². The molecule has 0 bridgehead atoms. The number of pyridine rings is 1. The number of aliphatic hydroxyl groups is 1. The van der Waals surface area contributed by atoms with Crippen molar-refractivity contribution in [3.63, 3.8) is 0 Å². The largest absolute Gasteiger partial charge is 0.390 e. The third-order valence-corrected chi connectivity index (χ3v) is 5.72. The quantitative estimate of drug-likeness (QED) is 0.545. The lowest BCUT2D eigenvalue weighted by Crippen LogP contribution is -2.40. The van der Waals surface area contributed by atoms with Gasteiger partial charge in [-0.15, -0.1) is 0 Å².